The highest BCUT2D eigenvalue weighted by Gasteiger charge is 2.23. The van der Waals surface area contributed by atoms with Gasteiger partial charge < -0.3 is 9.64 Å². The first-order valence-corrected chi connectivity index (χ1v) is 9.76. The van der Waals surface area contributed by atoms with E-state index < -0.39 is 0 Å². The normalized spacial score (nSPS) is 17.0. The molecule has 7 nitrogen and oxygen atoms in total. The molecule has 0 N–H and O–H groups in total. The molecule has 0 spiro atoms. The van der Waals surface area contributed by atoms with Crippen molar-refractivity contribution in [3.05, 3.63) is 54.1 Å². The predicted molar refractivity (Wildman–Crippen MR) is 105 cm³/mol. The molecule has 1 saturated heterocycles. The second-order valence-electron chi connectivity index (χ2n) is 7.38. The number of hydrogen-bond donors (Lipinski definition) is 0. The summed E-state index contributed by atoms with van der Waals surface area (Å²) >= 11 is 0. The number of carbonyl (C=O) groups excluding carboxylic acids is 1. The number of hydrogen-bond acceptors (Lipinski definition) is 5. The Balaban J connectivity index is 1.32. The van der Waals surface area contributed by atoms with Crippen molar-refractivity contribution in [3.63, 3.8) is 0 Å². The fourth-order valence-electron chi connectivity index (χ4n) is 3.86. The van der Waals surface area contributed by atoms with E-state index in [2.05, 4.69) is 27.2 Å². The van der Waals surface area contributed by atoms with Crippen molar-refractivity contribution in [1.29, 1.82) is 0 Å². The van der Waals surface area contributed by atoms with Gasteiger partial charge in [0.15, 0.2) is 0 Å². The second-order valence-corrected chi connectivity index (χ2v) is 7.38. The molecule has 1 amide bonds. The lowest BCUT2D eigenvalue weighted by atomic mass is 9.91. The molecule has 4 rings (SSSR count). The Hall–Kier alpha value is -2.96. The Morgan fingerprint density at radius 2 is 2.21 bits per heavy atom. The summed E-state index contributed by atoms with van der Waals surface area (Å²) in [6, 6.07) is 8.24. The van der Waals surface area contributed by atoms with Crippen LogP contribution in [0, 0.1) is 5.92 Å². The number of likely N-dealkylation sites (tertiary alicyclic amines) is 1. The maximum Gasteiger partial charge on any atom is 0.252 e. The number of aryl methyl sites for hydroxylation is 1. The molecule has 1 fully saturated rings. The zero-order valence-corrected chi connectivity index (χ0v) is 16.1. The molecule has 0 bridgehead atoms. The van der Waals surface area contributed by atoms with Crippen LogP contribution < -0.4 is 4.74 Å². The van der Waals surface area contributed by atoms with Crippen molar-refractivity contribution in [2.45, 2.75) is 32.1 Å². The van der Waals surface area contributed by atoms with Gasteiger partial charge in [-0.3, -0.25) is 4.79 Å². The van der Waals surface area contributed by atoms with Crippen LogP contribution in [-0.2, 0) is 17.6 Å². The average molecular weight is 379 g/mol. The van der Waals surface area contributed by atoms with Crippen LogP contribution in [0.3, 0.4) is 0 Å². The molecule has 146 valence electrons. The molecule has 1 aliphatic rings. The van der Waals surface area contributed by atoms with Crippen molar-refractivity contribution in [2.75, 3.05) is 20.2 Å². The molecule has 28 heavy (non-hydrogen) atoms. The monoisotopic (exact) mass is 379 g/mol. The summed E-state index contributed by atoms with van der Waals surface area (Å²) in [5.41, 5.74) is 2.15. The number of amides is 1. The fraction of sp³-hybridized carbons (Fsp3) is 0.429. The molecule has 1 unspecified atom stereocenters. The van der Waals surface area contributed by atoms with Gasteiger partial charge in [-0.2, -0.15) is 10.1 Å². The van der Waals surface area contributed by atoms with Crippen LogP contribution in [0.5, 0.6) is 5.75 Å². The van der Waals surface area contributed by atoms with E-state index in [9.17, 15) is 4.79 Å². The highest BCUT2D eigenvalue weighted by atomic mass is 16.5. The Kier molecular flexibility index (Phi) is 5.50. The molecule has 3 aromatic rings. The van der Waals surface area contributed by atoms with Crippen LogP contribution in [-0.4, -0.2) is 50.6 Å². The minimum absolute atomic E-state index is 0.160. The first kappa shape index (κ1) is 18.4. The summed E-state index contributed by atoms with van der Waals surface area (Å²) in [5.74, 6) is 2.15. The molecule has 1 aliphatic heterocycles. The Labute approximate surface area is 164 Å². The molecule has 0 saturated carbocycles. The number of carbonyl (C=O) groups is 1. The van der Waals surface area contributed by atoms with Gasteiger partial charge in [0.1, 0.15) is 12.1 Å². The summed E-state index contributed by atoms with van der Waals surface area (Å²) in [4.78, 5) is 23.1. The Morgan fingerprint density at radius 3 is 3.11 bits per heavy atom. The van der Waals surface area contributed by atoms with Gasteiger partial charge in [-0.05, 0) is 54.9 Å². The number of nitrogens with zero attached hydrogens (tertiary/aromatic N) is 5. The summed E-state index contributed by atoms with van der Waals surface area (Å²) < 4.78 is 6.91. The molecule has 1 atom stereocenters. The molecule has 7 heteroatoms. The standard InChI is InChI=1S/C21H25N5O2/c1-28-19-6-2-4-16(10-19)7-8-17-5-3-9-25(13-17)20(27)11-18-12-22-21-23-15-24-26(21)14-18/h2,4,6,10,12,14-15,17H,3,5,7-9,11,13H2,1H3. The lowest BCUT2D eigenvalue weighted by Crippen LogP contribution is -2.40. The first-order chi connectivity index (χ1) is 13.7. The minimum atomic E-state index is 0.160. The van der Waals surface area contributed by atoms with Crippen LogP contribution in [0.4, 0.5) is 0 Å². The highest BCUT2D eigenvalue weighted by Crippen LogP contribution is 2.23. The smallest absolute Gasteiger partial charge is 0.252 e. The van der Waals surface area contributed by atoms with Gasteiger partial charge in [0.25, 0.3) is 5.78 Å². The van der Waals surface area contributed by atoms with Gasteiger partial charge in [0.05, 0.1) is 13.5 Å². The zero-order chi connectivity index (χ0) is 19.3. The van der Waals surface area contributed by atoms with E-state index in [1.54, 1.807) is 17.8 Å². The average Bonchev–Trinajstić information content (AvgIpc) is 3.20. The van der Waals surface area contributed by atoms with Gasteiger partial charge in [0.2, 0.25) is 5.91 Å². The van der Waals surface area contributed by atoms with Crippen LogP contribution in [0.25, 0.3) is 5.78 Å². The van der Waals surface area contributed by atoms with Crippen LogP contribution in [0.15, 0.2) is 43.0 Å². The highest BCUT2D eigenvalue weighted by molar-refractivity contribution is 5.78. The summed E-state index contributed by atoms with van der Waals surface area (Å²) in [6.45, 7) is 1.68. The van der Waals surface area contributed by atoms with Crippen LogP contribution >= 0.6 is 0 Å². The number of piperidine rings is 1. The number of aromatic nitrogens is 4. The topological polar surface area (TPSA) is 72.6 Å². The summed E-state index contributed by atoms with van der Waals surface area (Å²) in [7, 11) is 1.69. The largest absolute Gasteiger partial charge is 0.497 e. The number of benzene rings is 1. The van der Waals surface area contributed by atoms with E-state index in [0.29, 0.717) is 18.1 Å². The number of rotatable bonds is 6. The van der Waals surface area contributed by atoms with Gasteiger partial charge >= 0.3 is 0 Å². The second kappa shape index (κ2) is 8.37. The van der Waals surface area contributed by atoms with Crippen LogP contribution in [0.1, 0.15) is 30.4 Å². The van der Waals surface area contributed by atoms with Gasteiger partial charge in [-0.15, -0.1) is 0 Å². The van der Waals surface area contributed by atoms with Gasteiger partial charge in [-0.25, -0.2) is 9.50 Å². The summed E-state index contributed by atoms with van der Waals surface area (Å²) in [5, 5.41) is 4.09. The zero-order valence-electron chi connectivity index (χ0n) is 16.1. The van der Waals surface area contributed by atoms with Gasteiger partial charge in [-0.1, -0.05) is 12.1 Å². The van der Waals surface area contributed by atoms with Crippen molar-refractivity contribution in [2.24, 2.45) is 5.92 Å². The lowest BCUT2D eigenvalue weighted by Gasteiger charge is -2.33. The van der Waals surface area contributed by atoms with E-state index in [1.165, 1.54) is 18.3 Å². The maximum atomic E-state index is 12.8. The number of ether oxygens (including phenoxy) is 1. The third-order valence-electron chi connectivity index (χ3n) is 5.39. The molecular formula is C21H25N5O2. The molecule has 0 radical (unpaired) electrons. The van der Waals surface area contributed by atoms with Crippen LogP contribution in [0.2, 0.25) is 0 Å². The number of methoxy groups -OCH3 is 1. The van der Waals surface area contributed by atoms with Gasteiger partial charge in [0, 0.05) is 25.5 Å². The Morgan fingerprint density at radius 1 is 1.29 bits per heavy atom. The Bertz CT molecular complexity index is 955. The first-order valence-electron chi connectivity index (χ1n) is 9.76. The molecule has 1 aromatic carbocycles. The van der Waals surface area contributed by atoms with Crippen molar-refractivity contribution >= 4 is 11.7 Å². The van der Waals surface area contributed by atoms with Crippen molar-refractivity contribution in [1.82, 2.24) is 24.5 Å². The fourth-order valence-corrected chi connectivity index (χ4v) is 3.86. The molecule has 2 aromatic heterocycles. The van der Waals surface area contributed by atoms with Crippen molar-refractivity contribution < 1.29 is 9.53 Å². The quantitative estimate of drug-likeness (QED) is 0.658. The molecule has 3 heterocycles. The third-order valence-corrected chi connectivity index (χ3v) is 5.39. The van der Waals surface area contributed by atoms with Crippen molar-refractivity contribution in [3.8, 4) is 5.75 Å². The molecular weight excluding hydrogens is 354 g/mol. The predicted octanol–water partition coefficient (Wildman–Crippen LogP) is 2.55. The van der Waals surface area contributed by atoms with E-state index in [-0.39, 0.29) is 5.91 Å². The SMILES string of the molecule is COc1cccc(CCC2CCCN(C(=O)Cc3cnc4ncnn4c3)C2)c1. The third kappa shape index (κ3) is 4.30. The lowest BCUT2D eigenvalue weighted by molar-refractivity contribution is -0.132. The maximum absolute atomic E-state index is 12.8. The number of fused-ring (bicyclic) bond motifs is 1. The molecule has 0 aliphatic carbocycles. The summed E-state index contributed by atoms with van der Waals surface area (Å²) in [6.07, 6.45) is 9.70. The minimum Gasteiger partial charge on any atom is -0.497 e. The van der Waals surface area contributed by atoms with E-state index in [4.69, 9.17) is 4.74 Å². The van der Waals surface area contributed by atoms with E-state index in [0.717, 1.165) is 43.7 Å². The van der Waals surface area contributed by atoms with E-state index in [1.807, 2.05) is 23.2 Å². The van der Waals surface area contributed by atoms with E-state index >= 15 is 0 Å².